The van der Waals surface area contributed by atoms with Gasteiger partial charge in [-0.3, -0.25) is 4.79 Å². The fraction of sp³-hybridized carbons (Fsp3) is 0.143. The Bertz CT molecular complexity index is 915. The topological polar surface area (TPSA) is 62.7 Å². The van der Waals surface area contributed by atoms with E-state index in [4.69, 9.17) is 4.74 Å². The molecule has 5 heteroatoms. The third-order valence-corrected chi connectivity index (χ3v) is 4.07. The van der Waals surface area contributed by atoms with E-state index in [2.05, 4.69) is 15.8 Å². The Kier molecular flexibility index (Phi) is 5.49. The first-order valence-electron chi connectivity index (χ1n) is 8.38. The molecule has 0 aromatic heterocycles. The first-order valence-corrected chi connectivity index (χ1v) is 8.38. The van der Waals surface area contributed by atoms with Gasteiger partial charge in [-0.25, -0.2) is 5.43 Å². The molecule has 3 aromatic rings. The van der Waals surface area contributed by atoms with Crippen molar-refractivity contribution in [2.75, 3.05) is 12.4 Å². The number of hydrogen-bond acceptors (Lipinski definition) is 4. The van der Waals surface area contributed by atoms with Gasteiger partial charge in [0, 0.05) is 11.3 Å². The zero-order valence-corrected chi connectivity index (χ0v) is 14.8. The number of nitrogens with zero attached hydrogens (tertiary/aromatic N) is 1. The summed E-state index contributed by atoms with van der Waals surface area (Å²) in [5.74, 6) is 0.560. The lowest BCUT2D eigenvalue weighted by Gasteiger charge is -2.13. The van der Waals surface area contributed by atoms with Crippen LogP contribution in [-0.2, 0) is 4.79 Å². The number of hydrazone groups is 1. The molecular formula is C21H21N3O2. The van der Waals surface area contributed by atoms with E-state index in [-0.39, 0.29) is 5.91 Å². The van der Waals surface area contributed by atoms with Gasteiger partial charge < -0.3 is 10.1 Å². The molecule has 0 radical (unpaired) electrons. The molecule has 3 aromatic carbocycles. The Hall–Kier alpha value is -3.34. The van der Waals surface area contributed by atoms with Gasteiger partial charge in [-0.2, -0.15) is 5.10 Å². The molecule has 0 saturated heterocycles. The van der Waals surface area contributed by atoms with E-state index < -0.39 is 6.04 Å². The van der Waals surface area contributed by atoms with E-state index >= 15 is 0 Å². The number of hydrogen-bond donors (Lipinski definition) is 2. The molecule has 2 N–H and O–H groups in total. The molecule has 0 fully saturated rings. The highest BCUT2D eigenvalue weighted by Gasteiger charge is 2.11. The number of carbonyl (C=O) groups excluding carboxylic acids is 1. The molecule has 1 amide bonds. The van der Waals surface area contributed by atoms with Crippen LogP contribution in [0, 0.1) is 0 Å². The Morgan fingerprint density at radius 3 is 2.54 bits per heavy atom. The summed E-state index contributed by atoms with van der Waals surface area (Å²) >= 11 is 0. The third kappa shape index (κ3) is 4.19. The molecule has 5 nitrogen and oxygen atoms in total. The van der Waals surface area contributed by atoms with Crippen LogP contribution in [0.3, 0.4) is 0 Å². The quantitative estimate of drug-likeness (QED) is 0.527. The Balaban J connectivity index is 1.61. The summed E-state index contributed by atoms with van der Waals surface area (Å²) in [7, 11) is 1.62. The average Bonchev–Trinajstić information content (AvgIpc) is 2.68. The van der Waals surface area contributed by atoms with Crippen molar-refractivity contribution in [3.05, 3.63) is 72.3 Å². The van der Waals surface area contributed by atoms with E-state index in [1.54, 1.807) is 20.2 Å². The molecule has 0 aliphatic carbocycles. The summed E-state index contributed by atoms with van der Waals surface area (Å²) in [5, 5.41) is 9.46. The predicted molar refractivity (Wildman–Crippen MR) is 106 cm³/mol. The minimum absolute atomic E-state index is 0.211. The highest BCUT2D eigenvalue weighted by atomic mass is 16.5. The highest BCUT2D eigenvalue weighted by Crippen LogP contribution is 2.17. The van der Waals surface area contributed by atoms with Crippen molar-refractivity contribution in [2.24, 2.45) is 5.10 Å². The van der Waals surface area contributed by atoms with Gasteiger partial charge in [0.2, 0.25) is 0 Å². The van der Waals surface area contributed by atoms with E-state index in [0.717, 1.165) is 27.8 Å². The van der Waals surface area contributed by atoms with Gasteiger partial charge in [-0.05, 0) is 42.0 Å². The van der Waals surface area contributed by atoms with Crippen molar-refractivity contribution in [1.82, 2.24) is 5.43 Å². The first-order chi connectivity index (χ1) is 12.7. The molecule has 0 unspecified atom stereocenters. The van der Waals surface area contributed by atoms with E-state index in [9.17, 15) is 4.79 Å². The van der Waals surface area contributed by atoms with Gasteiger partial charge in [0.15, 0.2) is 0 Å². The van der Waals surface area contributed by atoms with Crippen LogP contribution in [0.5, 0.6) is 5.75 Å². The largest absolute Gasteiger partial charge is 0.497 e. The van der Waals surface area contributed by atoms with Gasteiger partial charge >= 0.3 is 0 Å². The van der Waals surface area contributed by atoms with E-state index in [1.807, 2.05) is 66.7 Å². The van der Waals surface area contributed by atoms with Crippen LogP contribution in [0.4, 0.5) is 5.69 Å². The van der Waals surface area contributed by atoms with Crippen LogP contribution >= 0.6 is 0 Å². The predicted octanol–water partition coefficient (Wildman–Crippen LogP) is 3.80. The summed E-state index contributed by atoms with van der Waals surface area (Å²) in [6.07, 6.45) is 1.67. The van der Waals surface area contributed by atoms with Gasteiger partial charge in [0.1, 0.15) is 11.8 Å². The Morgan fingerprint density at radius 2 is 1.77 bits per heavy atom. The number of benzene rings is 3. The number of nitrogens with one attached hydrogen (secondary N) is 2. The summed E-state index contributed by atoms with van der Waals surface area (Å²) in [5.41, 5.74) is 4.38. The number of carbonyl (C=O) groups is 1. The van der Waals surface area contributed by atoms with E-state index in [1.165, 1.54) is 0 Å². The summed E-state index contributed by atoms with van der Waals surface area (Å²) < 4.78 is 5.12. The van der Waals surface area contributed by atoms with Crippen molar-refractivity contribution < 1.29 is 9.53 Å². The lowest BCUT2D eigenvalue weighted by Crippen LogP contribution is -2.34. The van der Waals surface area contributed by atoms with E-state index in [0.29, 0.717) is 0 Å². The minimum Gasteiger partial charge on any atom is -0.497 e. The molecule has 132 valence electrons. The van der Waals surface area contributed by atoms with Crippen molar-refractivity contribution >= 4 is 28.6 Å². The van der Waals surface area contributed by atoms with Gasteiger partial charge in [0.05, 0.1) is 13.3 Å². The Labute approximate surface area is 152 Å². The van der Waals surface area contributed by atoms with Crippen molar-refractivity contribution in [3.63, 3.8) is 0 Å². The number of anilines is 1. The van der Waals surface area contributed by atoms with Gasteiger partial charge in [-0.15, -0.1) is 0 Å². The van der Waals surface area contributed by atoms with Crippen molar-refractivity contribution in [2.45, 2.75) is 13.0 Å². The van der Waals surface area contributed by atoms with Crippen LogP contribution in [0.15, 0.2) is 71.8 Å². The molecule has 0 aliphatic rings. The molecule has 0 saturated carbocycles. The standard InChI is InChI=1S/C21H21N3O2/c1-15(23-18-10-12-19(26-2)13-11-18)21(25)24-22-14-17-8-5-7-16-6-3-4-9-20(16)17/h3-15,23H,1-2H3,(H,24,25)/b22-14-/t15-/m1/s1. The maximum absolute atomic E-state index is 12.2. The zero-order chi connectivity index (χ0) is 18.4. The van der Waals surface area contributed by atoms with Crippen LogP contribution < -0.4 is 15.5 Å². The summed E-state index contributed by atoms with van der Waals surface area (Å²) in [4.78, 5) is 12.2. The minimum atomic E-state index is -0.423. The fourth-order valence-corrected chi connectivity index (χ4v) is 2.63. The Morgan fingerprint density at radius 1 is 1.04 bits per heavy atom. The number of amides is 1. The lowest BCUT2D eigenvalue weighted by atomic mass is 10.1. The van der Waals surface area contributed by atoms with Crippen molar-refractivity contribution in [1.29, 1.82) is 0 Å². The second-order valence-corrected chi connectivity index (χ2v) is 5.90. The van der Waals surface area contributed by atoms with Crippen LogP contribution in [0.2, 0.25) is 0 Å². The first kappa shape index (κ1) is 17.5. The lowest BCUT2D eigenvalue weighted by molar-refractivity contribution is -0.121. The van der Waals surface area contributed by atoms with Gasteiger partial charge in [0.25, 0.3) is 5.91 Å². The zero-order valence-electron chi connectivity index (χ0n) is 14.8. The third-order valence-electron chi connectivity index (χ3n) is 4.07. The summed E-state index contributed by atoms with van der Waals surface area (Å²) in [6.45, 7) is 1.78. The van der Waals surface area contributed by atoms with Crippen LogP contribution in [0.1, 0.15) is 12.5 Å². The SMILES string of the molecule is COc1ccc(N[C@H](C)C(=O)N/N=C\c2cccc3ccccc23)cc1. The number of methoxy groups -OCH3 is 1. The number of rotatable bonds is 6. The molecule has 1 atom stereocenters. The molecular weight excluding hydrogens is 326 g/mol. The summed E-state index contributed by atoms with van der Waals surface area (Å²) in [6, 6.07) is 21.0. The smallest absolute Gasteiger partial charge is 0.262 e. The second kappa shape index (κ2) is 8.16. The van der Waals surface area contributed by atoms with Gasteiger partial charge in [-0.1, -0.05) is 42.5 Å². The molecule has 3 rings (SSSR count). The fourth-order valence-electron chi connectivity index (χ4n) is 2.63. The molecule has 0 aliphatic heterocycles. The average molecular weight is 347 g/mol. The molecule has 0 spiro atoms. The maximum Gasteiger partial charge on any atom is 0.262 e. The van der Waals surface area contributed by atoms with Crippen molar-refractivity contribution in [3.8, 4) is 5.75 Å². The van der Waals surface area contributed by atoms with Crippen LogP contribution in [0.25, 0.3) is 10.8 Å². The molecule has 0 heterocycles. The molecule has 26 heavy (non-hydrogen) atoms. The normalized spacial score (nSPS) is 12.1. The second-order valence-electron chi connectivity index (χ2n) is 5.90. The number of ether oxygens (including phenoxy) is 1. The maximum atomic E-state index is 12.2. The highest BCUT2D eigenvalue weighted by molar-refractivity contribution is 6.00. The van der Waals surface area contributed by atoms with Crippen LogP contribution in [-0.4, -0.2) is 25.3 Å². The monoisotopic (exact) mass is 347 g/mol. The number of fused-ring (bicyclic) bond motifs is 1. The molecule has 0 bridgehead atoms.